The smallest absolute Gasteiger partial charge is 0.253 e. The number of aryl methyl sites for hydroxylation is 1. The van der Waals surface area contributed by atoms with Gasteiger partial charge in [0, 0.05) is 30.8 Å². The van der Waals surface area contributed by atoms with Gasteiger partial charge >= 0.3 is 0 Å². The van der Waals surface area contributed by atoms with E-state index in [0.29, 0.717) is 30.9 Å². The van der Waals surface area contributed by atoms with E-state index >= 15 is 0 Å². The number of amides is 2. The Hall–Kier alpha value is -1.88. The summed E-state index contributed by atoms with van der Waals surface area (Å²) < 4.78 is 0. The third-order valence-electron chi connectivity index (χ3n) is 4.15. The lowest BCUT2D eigenvalue weighted by molar-refractivity contribution is -0.116. The second kappa shape index (κ2) is 5.25. The van der Waals surface area contributed by atoms with E-state index in [9.17, 15) is 9.59 Å². The van der Waals surface area contributed by atoms with E-state index in [-0.39, 0.29) is 11.8 Å². The number of nitrogens with one attached hydrogen (secondary N) is 1. The van der Waals surface area contributed by atoms with Crippen molar-refractivity contribution < 1.29 is 9.59 Å². The minimum atomic E-state index is 0.0434. The molecule has 3 rings (SSSR count). The highest BCUT2D eigenvalue weighted by molar-refractivity contribution is 5.98. The molecule has 0 aliphatic carbocycles. The van der Waals surface area contributed by atoms with Crippen molar-refractivity contribution in [3.8, 4) is 0 Å². The third-order valence-corrected chi connectivity index (χ3v) is 4.15. The van der Waals surface area contributed by atoms with Crippen molar-refractivity contribution in [2.45, 2.75) is 19.3 Å². The molecule has 1 aromatic rings. The number of fused-ring (bicyclic) bond motifs is 1. The summed E-state index contributed by atoms with van der Waals surface area (Å²) in [4.78, 5) is 25.7. The molecule has 1 atom stereocenters. The maximum Gasteiger partial charge on any atom is 0.253 e. The zero-order valence-corrected chi connectivity index (χ0v) is 11.4. The lowest BCUT2D eigenvalue weighted by atomic mass is 10.00. The van der Waals surface area contributed by atoms with Gasteiger partial charge in [0.1, 0.15) is 0 Å². The van der Waals surface area contributed by atoms with E-state index in [0.717, 1.165) is 30.8 Å². The van der Waals surface area contributed by atoms with Crippen LogP contribution in [0.3, 0.4) is 0 Å². The summed E-state index contributed by atoms with van der Waals surface area (Å²) in [7, 11) is 0. The average Bonchev–Trinajstić information content (AvgIpc) is 2.95. The fraction of sp³-hybridized carbons (Fsp3) is 0.467. The van der Waals surface area contributed by atoms with Crippen LogP contribution in [-0.2, 0) is 11.2 Å². The van der Waals surface area contributed by atoms with Gasteiger partial charge in [-0.1, -0.05) is 0 Å². The summed E-state index contributed by atoms with van der Waals surface area (Å²) in [5.41, 5.74) is 8.25. The van der Waals surface area contributed by atoms with Crippen molar-refractivity contribution in [2.24, 2.45) is 11.7 Å². The second-order valence-electron chi connectivity index (χ2n) is 5.56. The molecule has 1 saturated heterocycles. The van der Waals surface area contributed by atoms with Crippen LogP contribution in [0.1, 0.15) is 28.8 Å². The zero-order chi connectivity index (χ0) is 14.1. The summed E-state index contributed by atoms with van der Waals surface area (Å²) in [5, 5.41) is 2.83. The molecule has 5 nitrogen and oxygen atoms in total. The predicted molar refractivity (Wildman–Crippen MR) is 76.5 cm³/mol. The van der Waals surface area contributed by atoms with Crippen LogP contribution < -0.4 is 11.1 Å². The molecule has 5 heteroatoms. The predicted octanol–water partition coefficient (Wildman–Crippen LogP) is 0.992. The number of carbonyl (C=O) groups excluding carboxylic acids is 2. The summed E-state index contributed by atoms with van der Waals surface area (Å²) in [6.07, 6.45) is 2.18. The Morgan fingerprint density at radius 3 is 3.00 bits per heavy atom. The molecular formula is C15H19N3O2. The quantitative estimate of drug-likeness (QED) is 0.844. The minimum absolute atomic E-state index is 0.0434. The van der Waals surface area contributed by atoms with Crippen LogP contribution in [0.5, 0.6) is 0 Å². The van der Waals surface area contributed by atoms with Crippen LogP contribution >= 0.6 is 0 Å². The molecule has 1 aromatic carbocycles. The Morgan fingerprint density at radius 2 is 2.25 bits per heavy atom. The lowest BCUT2D eigenvalue weighted by Gasteiger charge is -2.20. The fourth-order valence-electron chi connectivity index (χ4n) is 2.91. The van der Waals surface area contributed by atoms with Gasteiger partial charge in [-0.05, 0) is 49.1 Å². The van der Waals surface area contributed by atoms with Crippen molar-refractivity contribution in [3.05, 3.63) is 29.3 Å². The third kappa shape index (κ3) is 2.41. The Morgan fingerprint density at radius 1 is 1.40 bits per heavy atom. The molecule has 0 spiro atoms. The maximum absolute atomic E-state index is 12.5. The van der Waals surface area contributed by atoms with E-state index in [1.807, 2.05) is 17.0 Å². The molecule has 2 amide bonds. The van der Waals surface area contributed by atoms with Crippen molar-refractivity contribution in [2.75, 3.05) is 25.0 Å². The topological polar surface area (TPSA) is 75.4 Å². The van der Waals surface area contributed by atoms with Crippen LogP contribution in [0.2, 0.25) is 0 Å². The van der Waals surface area contributed by atoms with Crippen molar-refractivity contribution in [3.63, 3.8) is 0 Å². The van der Waals surface area contributed by atoms with Gasteiger partial charge in [0.15, 0.2) is 0 Å². The van der Waals surface area contributed by atoms with E-state index in [1.54, 1.807) is 6.07 Å². The SMILES string of the molecule is NCC1CCN(C(=O)c2ccc3c(c2)CCC(=O)N3)C1. The first-order chi connectivity index (χ1) is 9.67. The van der Waals surface area contributed by atoms with Gasteiger partial charge in [-0.3, -0.25) is 9.59 Å². The average molecular weight is 273 g/mol. The number of carbonyl (C=O) groups is 2. The molecule has 3 N–H and O–H groups in total. The van der Waals surface area contributed by atoms with Gasteiger partial charge in [-0.15, -0.1) is 0 Å². The zero-order valence-electron chi connectivity index (χ0n) is 11.4. The molecule has 2 aliphatic rings. The first-order valence-corrected chi connectivity index (χ1v) is 7.09. The highest BCUT2D eigenvalue weighted by Crippen LogP contribution is 2.25. The van der Waals surface area contributed by atoms with Gasteiger partial charge in [-0.2, -0.15) is 0 Å². The van der Waals surface area contributed by atoms with E-state index in [4.69, 9.17) is 5.73 Å². The molecule has 2 aliphatic heterocycles. The largest absolute Gasteiger partial charge is 0.338 e. The summed E-state index contributed by atoms with van der Waals surface area (Å²) in [5.74, 6) is 0.540. The Bertz CT molecular complexity index is 556. The number of likely N-dealkylation sites (tertiary alicyclic amines) is 1. The van der Waals surface area contributed by atoms with Crippen LogP contribution in [0, 0.1) is 5.92 Å². The summed E-state index contributed by atoms with van der Waals surface area (Å²) in [6, 6.07) is 5.53. The van der Waals surface area contributed by atoms with E-state index < -0.39 is 0 Å². The van der Waals surface area contributed by atoms with Crippen molar-refractivity contribution >= 4 is 17.5 Å². The molecular weight excluding hydrogens is 254 g/mol. The highest BCUT2D eigenvalue weighted by Gasteiger charge is 2.26. The highest BCUT2D eigenvalue weighted by atomic mass is 16.2. The maximum atomic E-state index is 12.5. The number of benzene rings is 1. The number of rotatable bonds is 2. The lowest BCUT2D eigenvalue weighted by Crippen LogP contribution is -2.30. The molecule has 2 heterocycles. The normalized spacial score (nSPS) is 21.6. The van der Waals surface area contributed by atoms with Crippen LogP contribution in [0.4, 0.5) is 5.69 Å². The molecule has 20 heavy (non-hydrogen) atoms. The Labute approximate surface area is 118 Å². The number of anilines is 1. The van der Waals surface area contributed by atoms with Gasteiger partial charge < -0.3 is 16.0 Å². The number of hydrogen-bond acceptors (Lipinski definition) is 3. The summed E-state index contributed by atoms with van der Waals surface area (Å²) in [6.45, 7) is 2.18. The number of hydrogen-bond donors (Lipinski definition) is 2. The number of nitrogens with two attached hydrogens (primary N) is 1. The van der Waals surface area contributed by atoms with Gasteiger partial charge in [-0.25, -0.2) is 0 Å². The first kappa shape index (κ1) is 13.1. The Kier molecular flexibility index (Phi) is 3.44. The number of nitrogens with zero attached hydrogens (tertiary/aromatic N) is 1. The fourth-order valence-corrected chi connectivity index (χ4v) is 2.91. The van der Waals surface area contributed by atoms with E-state index in [1.165, 1.54) is 0 Å². The molecule has 1 fully saturated rings. The van der Waals surface area contributed by atoms with Crippen molar-refractivity contribution in [1.82, 2.24) is 4.90 Å². The Balaban J connectivity index is 1.78. The monoisotopic (exact) mass is 273 g/mol. The summed E-state index contributed by atoms with van der Waals surface area (Å²) >= 11 is 0. The van der Waals surface area contributed by atoms with Crippen LogP contribution in [0.25, 0.3) is 0 Å². The van der Waals surface area contributed by atoms with Crippen molar-refractivity contribution in [1.29, 1.82) is 0 Å². The molecule has 0 saturated carbocycles. The molecule has 1 unspecified atom stereocenters. The van der Waals surface area contributed by atoms with Crippen LogP contribution in [0.15, 0.2) is 18.2 Å². The van der Waals surface area contributed by atoms with Gasteiger partial charge in [0.05, 0.1) is 0 Å². The van der Waals surface area contributed by atoms with E-state index in [2.05, 4.69) is 5.32 Å². The molecule has 0 aromatic heterocycles. The molecule has 0 radical (unpaired) electrons. The van der Waals surface area contributed by atoms with Gasteiger partial charge in [0.2, 0.25) is 5.91 Å². The molecule has 106 valence electrons. The standard InChI is InChI=1S/C15H19N3O2/c16-8-10-5-6-18(9-10)15(20)12-1-3-13-11(7-12)2-4-14(19)17-13/h1,3,7,10H,2,4-6,8-9,16H2,(H,17,19). The first-order valence-electron chi connectivity index (χ1n) is 7.09. The minimum Gasteiger partial charge on any atom is -0.338 e. The molecule has 0 bridgehead atoms. The van der Waals surface area contributed by atoms with Crippen LogP contribution in [-0.4, -0.2) is 36.3 Å². The second-order valence-corrected chi connectivity index (χ2v) is 5.56. The van der Waals surface area contributed by atoms with Gasteiger partial charge in [0.25, 0.3) is 5.91 Å².